The van der Waals surface area contributed by atoms with Gasteiger partial charge in [0, 0.05) is 12.7 Å². The number of aromatic nitrogens is 1. The third-order valence-corrected chi connectivity index (χ3v) is 4.85. The number of nitrogens with one attached hydrogen (secondary N) is 1. The van der Waals surface area contributed by atoms with Crippen LogP contribution in [0.15, 0.2) is 70.1 Å². The minimum Gasteiger partial charge on any atom is -0.380 e. The second kappa shape index (κ2) is 8.18. The molecule has 28 heavy (non-hydrogen) atoms. The minimum atomic E-state index is -4.41. The van der Waals surface area contributed by atoms with Gasteiger partial charge in [-0.15, -0.1) is 0 Å². The van der Waals surface area contributed by atoms with Crippen LogP contribution in [0.4, 0.5) is 23.2 Å². The molecule has 0 atom stereocenters. The van der Waals surface area contributed by atoms with Crippen LogP contribution in [0.1, 0.15) is 16.7 Å². The maximum Gasteiger partial charge on any atom is 0.416 e. The smallest absolute Gasteiger partial charge is 0.380 e. The van der Waals surface area contributed by atoms with Crippen LogP contribution in [0.5, 0.6) is 0 Å². The lowest BCUT2D eigenvalue weighted by Gasteiger charge is -2.13. The van der Waals surface area contributed by atoms with Crippen LogP contribution in [0.25, 0.3) is 0 Å². The zero-order chi connectivity index (χ0) is 20.3. The molecule has 1 heterocycles. The molecule has 3 nitrogen and oxygen atoms in total. The molecule has 8 heteroatoms. The van der Waals surface area contributed by atoms with Crippen molar-refractivity contribution < 1.29 is 17.6 Å². The highest BCUT2D eigenvalue weighted by Crippen LogP contribution is 2.29. The molecule has 0 saturated heterocycles. The first kappa shape index (κ1) is 20.1. The van der Waals surface area contributed by atoms with E-state index in [1.54, 1.807) is 30.5 Å². The van der Waals surface area contributed by atoms with Gasteiger partial charge in [-0.3, -0.25) is 4.79 Å². The monoisotopic (exact) mass is 454 g/mol. The van der Waals surface area contributed by atoms with Gasteiger partial charge in [0.05, 0.1) is 17.8 Å². The molecular weight excluding hydrogens is 440 g/mol. The summed E-state index contributed by atoms with van der Waals surface area (Å²) in [5, 5.41) is 2.96. The van der Waals surface area contributed by atoms with E-state index in [9.17, 15) is 22.4 Å². The Labute approximate surface area is 166 Å². The summed E-state index contributed by atoms with van der Waals surface area (Å²) in [6.45, 7) is 0.318. The van der Waals surface area contributed by atoms with E-state index in [0.717, 1.165) is 12.1 Å². The van der Waals surface area contributed by atoms with Crippen molar-refractivity contribution >= 4 is 21.6 Å². The lowest BCUT2D eigenvalue weighted by atomic mass is 10.1. The van der Waals surface area contributed by atoms with Crippen molar-refractivity contribution in [2.45, 2.75) is 19.3 Å². The molecule has 0 aliphatic carbocycles. The van der Waals surface area contributed by atoms with Crippen LogP contribution in [0.2, 0.25) is 0 Å². The molecule has 0 fully saturated rings. The van der Waals surface area contributed by atoms with Gasteiger partial charge in [-0.25, -0.2) is 4.39 Å². The van der Waals surface area contributed by atoms with Gasteiger partial charge in [-0.2, -0.15) is 13.2 Å². The van der Waals surface area contributed by atoms with Gasteiger partial charge in [0.2, 0.25) is 0 Å². The molecule has 0 amide bonds. The van der Waals surface area contributed by atoms with Crippen LogP contribution in [0, 0.1) is 5.82 Å². The molecule has 0 unspecified atom stereocenters. The first-order valence-corrected chi connectivity index (χ1v) is 9.07. The van der Waals surface area contributed by atoms with Crippen molar-refractivity contribution in [3.8, 4) is 0 Å². The Morgan fingerprint density at radius 2 is 1.71 bits per heavy atom. The Hall–Kier alpha value is -2.61. The van der Waals surface area contributed by atoms with Gasteiger partial charge in [-0.05, 0) is 57.4 Å². The fourth-order valence-electron chi connectivity index (χ4n) is 2.69. The number of hydrogen-bond donors (Lipinski definition) is 1. The van der Waals surface area contributed by atoms with E-state index in [4.69, 9.17) is 0 Å². The van der Waals surface area contributed by atoms with Crippen LogP contribution < -0.4 is 10.9 Å². The van der Waals surface area contributed by atoms with Crippen LogP contribution in [-0.4, -0.2) is 4.57 Å². The normalized spacial score (nSPS) is 11.5. The van der Waals surface area contributed by atoms with Crippen molar-refractivity contribution in [1.29, 1.82) is 0 Å². The Balaban J connectivity index is 1.76. The summed E-state index contributed by atoms with van der Waals surface area (Å²) in [7, 11) is 0. The molecular formula is C20H15BrF4N2O. The van der Waals surface area contributed by atoms with Gasteiger partial charge in [0.15, 0.2) is 0 Å². The molecule has 1 aromatic heterocycles. The summed E-state index contributed by atoms with van der Waals surface area (Å²) >= 11 is 3.23. The average Bonchev–Trinajstić information content (AvgIpc) is 2.64. The number of halogens is 5. The summed E-state index contributed by atoms with van der Waals surface area (Å²) in [5.74, 6) is -0.385. The van der Waals surface area contributed by atoms with Gasteiger partial charge in [-0.1, -0.05) is 24.3 Å². The summed E-state index contributed by atoms with van der Waals surface area (Å²) in [6, 6.07) is 12.6. The number of alkyl halides is 3. The number of nitrogens with zero attached hydrogens (tertiary/aromatic N) is 1. The third-order valence-electron chi connectivity index (χ3n) is 4.09. The molecule has 1 N–H and O–H groups in total. The zero-order valence-corrected chi connectivity index (χ0v) is 16.0. The van der Waals surface area contributed by atoms with E-state index in [2.05, 4.69) is 21.2 Å². The average molecular weight is 455 g/mol. The van der Waals surface area contributed by atoms with E-state index in [1.807, 2.05) is 0 Å². The summed E-state index contributed by atoms with van der Waals surface area (Å²) in [5.41, 5.74) is 0.469. The molecule has 0 aliphatic heterocycles. The topological polar surface area (TPSA) is 34.0 Å². The number of pyridine rings is 1. The van der Waals surface area contributed by atoms with Gasteiger partial charge in [0.1, 0.15) is 10.3 Å². The SMILES string of the molecule is O=c1c(Br)c(NCc2cccc(C(F)(F)F)c2)ccn1Cc1cccc(F)c1. The number of rotatable bonds is 5. The number of anilines is 1. The molecule has 0 bridgehead atoms. The van der Waals surface area contributed by atoms with E-state index >= 15 is 0 Å². The van der Waals surface area contributed by atoms with Crippen molar-refractivity contribution in [3.63, 3.8) is 0 Å². The summed E-state index contributed by atoms with van der Waals surface area (Å²) in [6.07, 6.45) is -2.86. The summed E-state index contributed by atoms with van der Waals surface area (Å²) < 4.78 is 53.4. The highest BCUT2D eigenvalue weighted by Gasteiger charge is 2.30. The van der Waals surface area contributed by atoms with Crippen molar-refractivity contribution in [3.05, 3.63) is 98.1 Å². The number of benzene rings is 2. The van der Waals surface area contributed by atoms with E-state index < -0.39 is 11.7 Å². The highest BCUT2D eigenvalue weighted by atomic mass is 79.9. The second-order valence-electron chi connectivity index (χ2n) is 6.16. The van der Waals surface area contributed by atoms with E-state index in [1.165, 1.54) is 22.8 Å². The molecule has 146 valence electrons. The predicted octanol–water partition coefficient (Wildman–Crippen LogP) is 5.43. The molecule has 3 aromatic rings. The van der Waals surface area contributed by atoms with Gasteiger partial charge < -0.3 is 9.88 Å². The van der Waals surface area contributed by atoms with E-state index in [0.29, 0.717) is 16.8 Å². The Morgan fingerprint density at radius 1 is 1.00 bits per heavy atom. The zero-order valence-electron chi connectivity index (χ0n) is 14.4. The van der Waals surface area contributed by atoms with Crippen LogP contribution >= 0.6 is 15.9 Å². The predicted molar refractivity (Wildman–Crippen MR) is 103 cm³/mol. The van der Waals surface area contributed by atoms with E-state index in [-0.39, 0.29) is 28.9 Å². The Bertz CT molecular complexity index is 1050. The molecule has 2 aromatic carbocycles. The summed E-state index contributed by atoms with van der Waals surface area (Å²) in [4.78, 5) is 12.5. The fourth-order valence-corrected chi connectivity index (χ4v) is 3.19. The van der Waals surface area contributed by atoms with Crippen LogP contribution in [-0.2, 0) is 19.3 Å². The maximum atomic E-state index is 13.3. The molecule has 0 saturated carbocycles. The van der Waals surface area contributed by atoms with Crippen LogP contribution in [0.3, 0.4) is 0 Å². The van der Waals surface area contributed by atoms with Gasteiger partial charge in [0.25, 0.3) is 5.56 Å². The largest absolute Gasteiger partial charge is 0.416 e. The maximum absolute atomic E-state index is 13.3. The second-order valence-corrected chi connectivity index (χ2v) is 6.95. The molecule has 0 spiro atoms. The Kier molecular flexibility index (Phi) is 5.88. The first-order valence-electron chi connectivity index (χ1n) is 8.27. The quantitative estimate of drug-likeness (QED) is 0.521. The lowest BCUT2D eigenvalue weighted by Crippen LogP contribution is -2.22. The molecule has 0 radical (unpaired) electrons. The van der Waals surface area contributed by atoms with Crippen molar-refractivity contribution in [1.82, 2.24) is 4.57 Å². The Morgan fingerprint density at radius 3 is 2.43 bits per heavy atom. The molecule has 0 aliphatic rings. The highest BCUT2D eigenvalue weighted by molar-refractivity contribution is 9.10. The fraction of sp³-hybridized carbons (Fsp3) is 0.150. The minimum absolute atomic E-state index is 0.121. The third kappa shape index (κ3) is 4.81. The molecule has 3 rings (SSSR count). The first-order chi connectivity index (χ1) is 13.2. The number of hydrogen-bond acceptors (Lipinski definition) is 2. The van der Waals surface area contributed by atoms with Gasteiger partial charge >= 0.3 is 6.18 Å². The standard InChI is InChI=1S/C20H15BrF4N2O/c21-18-17(26-11-13-3-1-5-15(9-13)20(23,24)25)7-8-27(19(18)28)12-14-4-2-6-16(22)10-14/h1-10,26H,11-12H2. The lowest BCUT2D eigenvalue weighted by molar-refractivity contribution is -0.137. The van der Waals surface area contributed by atoms with Crippen molar-refractivity contribution in [2.75, 3.05) is 5.32 Å². The van der Waals surface area contributed by atoms with Crippen molar-refractivity contribution in [2.24, 2.45) is 0 Å².